The Labute approximate surface area is 159 Å². The van der Waals surface area contributed by atoms with Crippen LogP contribution in [0.5, 0.6) is 11.5 Å². The molecule has 2 rings (SSSR count). The van der Waals surface area contributed by atoms with Gasteiger partial charge in [-0.1, -0.05) is 23.7 Å². The highest BCUT2D eigenvalue weighted by Crippen LogP contribution is 2.47. The van der Waals surface area contributed by atoms with Crippen molar-refractivity contribution in [1.29, 1.82) is 0 Å². The molecule has 0 spiro atoms. The summed E-state index contributed by atoms with van der Waals surface area (Å²) in [6.45, 7) is 1.41. The van der Waals surface area contributed by atoms with Crippen molar-refractivity contribution < 1.29 is 28.1 Å². The lowest BCUT2D eigenvalue weighted by atomic mass is 10.3. The van der Waals surface area contributed by atoms with E-state index in [2.05, 4.69) is 9.82 Å². The highest BCUT2D eigenvalue weighted by Gasteiger charge is 2.34. The molecule has 1 unspecified atom stereocenters. The predicted molar refractivity (Wildman–Crippen MR) is 98.0 cm³/mol. The summed E-state index contributed by atoms with van der Waals surface area (Å²) >= 11 is 6.02. The number of nitro benzene ring substituents is 1. The van der Waals surface area contributed by atoms with Crippen molar-refractivity contribution in [3.05, 3.63) is 63.7 Å². The number of hydrogen-bond donors (Lipinski definition) is 1. The molecule has 0 saturated heterocycles. The highest BCUT2D eigenvalue weighted by molar-refractivity contribution is 7.52. The molecule has 0 radical (unpaired) electrons. The summed E-state index contributed by atoms with van der Waals surface area (Å²) in [5.41, 5.74) is -0.167. The third-order valence-electron chi connectivity index (χ3n) is 3.23. The first-order valence-electron chi connectivity index (χ1n) is 7.58. The van der Waals surface area contributed by atoms with Crippen LogP contribution in [-0.4, -0.2) is 24.0 Å². The molecule has 144 valence electrons. The zero-order valence-corrected chi connectivity index (χ0v) is 16.0. The Morgan fingerprint density at radius 2 is 1.81 bits per heavy atom. The fourth-order valence-corrected chi connectivity index (χ4v) is 3.72. The minimum atomic E-state index is -4.16. The number of methoxy groups -OCH3 is 1. The second kappa shape index (κ2) is 8.85. The van der Waals surface area contributed by atoms with Crippen LogP contribution in [0.3, 0.4) is 0 Å². The lowest BCUT2D eigenvalue weighted by Crippen LogP contribution is -2.35. The molecule has 2 aromatic rings. The quantitative estimate of drug-likeness (QED) is 0.298. The number of hydrogen-bond acceptors (Lipinski definition) is 7. The molecule has 0 saturated carbocycles. The van der Waals surface area contributed by atoms with Gasteiger partial charge in [0.2, 0.25) is 0 Å². The molecule has 9 nitrogen and oxygen atoms in total. The fraction of sp³-hybridized carbons (Fsp3) is 0.188. The average Bonchev–Trinajstić information content (AvgIpc) is 2.63. The van der Waals surface area contributed by atoms with Crippen LogP contribution in [0.1, 0.15) is 6.92 Å². The van der Waals surface area contributed by atoms with E-state index in [0.29, 0.717) is 0 Å². The zero-order chi connectivity index (χ0) is 20.0. The van der Waals surface area contributed by atoms with Crippen molar-refractivity contribution in [2.45, 2.75) is 13.0 Å². The number of halogens is 1. The molecular weight excluding hydrogens is 399 g/mol. The average molecular weight is 415 g/mol. The number of para-hydroxylation sites is 1. The van der Waals surface area contributed by atoms with Crippen molar-refractivity contribution in [2.75, 3.05) is 7.11 Å². The van der Waals surface area contributed by atoms with Crippen molar-refractivity contribution in [1.82, 2.24) is 5.09 Å². The van der Waals surface area contributed by atoms with Crippen LogP contribution in [-0.2, 0) is 14.1 Å². The Morgan fingerprint density at radius 1 is 1.19 bits per heavy atom. The molecule has 0 aromatic heterocycles. The Balaban J connectivity index is 2.30. The Hall–Kier alpha value is -2.61. The van der Waals surface area contributed by atoms with E-state index in [0.717, 1.165) is 0 Å². The van der Waals surface area contributed by atoms with Gasteiger partial charge in [-0.05, 0) is 31.2 Å². The van der Waals surface area contributed by atoms with Gasteiger partial charge in [0.25, 0.3) is 5.69 Å². The number of benzene rings is 2. The molecule has 0 bridgehead atoms. The van der Waals surface area contributed by atoms with Crippen molar-refractivity contribution in [2.24, 2.45) is 0 Å². The molecule has 0 aliphatic rings. The summed E-state index contributed by atoms with van der Waals surface area (Å²) in [6, 6.07) is 10.1. The van der Waals surface area contributed by atoms with Crippen molar-refractivity contribution >= 4 is 31.0 Å². The lowest BCUT2D eigenvalue weighted by molar-refractivity contribution is -0.384. The molecule has 2 atom stereocenters. The summed E-state index contributed by atoms with van der Waals surface area (Å²) in [7, 11) is -2.98. The minimum absolute atomic E-state index is 0.0283. The van der Waals surface area contributed by atoms with Gasteiger partial charge in [0.15, 0.2) is 0 Å². The first kappa shape index (κ1) is 20.7. The molecule has 0 heterocycles. The van der Waals surface area contributed by atoms with Gasteiger partial charge in [0.1, 0.15) is 17.5 Å². The normalized spacial score (nSPS) is 13.9. The number of rotatable bonds is 8. The van der Waals surface area contributed by atoms with E-state index in [9.17, 15) is 19.5 Å². The monoisotopic (exact) mass is 414 g/mol. The topological polar surface area (TPSA) is 117 Å². The number of non-ortho nitro benzene ring substituents is 1. The van der Waals surface area contributed by atoms with Gasteiger partial charge < -0.3 is 13.8 Å². The van der Waals surface area contributed by atoms with Gasteiger partial charge in [0.05, 0.1) is 17.1 Å². The van der Waals surface area contributed by atoms with E-state index in [1.165, 1.54) is 50.4 Å². The third kappa shape index (κ3) is 5.68. The zero-order valence-electron chi connectivity index (χ0n) is 14.3. The Bertz CT molecular complexity index is 875. The smallest absolute Gasteiger partial charge is 0.468 e. The van der Waals surface area contributed by atoms with Gasteiger partial charge in [-0.25, -0.2) is 4.57 Å². The summed E-state index contributed by atoms with van der Waals surface area (Å²) in [4.78, 5) is 21.8. The summed E-state index contributed by atoms with van der Waals surface area (Å²) in [6.07, 6.45) is 0. The predicted octanol–water partition coefficient (Wildman–Crippen LogP) is 3.97. The highest BCUT2D eigenvalue weighted by atomic mass is 35.5. The fourth-order valence-electron chi connectivity index (χ4n) is 1.95. The van der Waals surface area contributed by atoms with Crippen LogP contribution >= 0.6 is 19.3 Å². The van der Waals surface area contributed by atoms with Gasteiger partial charge >= 0.3 is 13.7 Å². The first-order chi connectivity index (χ1) is 12.7. The van der Waals surface area contributed by atoms with Crippen molar-refractivity contribution in [3.8, 4) is 11.5 Å². The van der Waals surface area contributed by atoms with E-state index >= 15 is 0 Å². The van der Waals surface area contributed by atoms with Crippen LogP contribution in [0.25, 0.3) is 0 Å². The molecule has 0 aliphatic heterocycles. The maximum atomic E-state index is 13.2. The van der Waals surface area contributed by atoms with Crippen LogP contribution in [0.15, 0.2) is 48.5 Å². The van der Waals surface area contributed by atoms with Crippen LogP contribution < -0.4 is 14.1 Å². The number of nitrogens with one attached hydrogen (secondary N) is 1. The molecule has 0 fully saturated rings. The molecule has 11 heteroatoms. The molecule has 0 aliphatic carbocycles. The number of ether oxygens (including phenoxy) is 1. The maximum absolute atomic E-state index is 13.2. The molecular formula is C16H16ClN2O7P. The summed E-state index contributed by atoms with van der Waals surface area (Å²) < 4.78 is 28.6. The Morgan fingerprint density at radius 3 is 2.37 bits per heavy atom. The molecule has 27 heavy (non-hydrogen) atoms. The van der Waals surface area contributed by atoms with E-state index in [1.54, 1.807) is 12.1 Å². The summed E-state index contributed by atoms with van der Waals surface area (Å²) in [5.74, 6) is -0.597. The standard InChI is InChI=1S/C16H16ClN2O7P/c1-11(16(20)24-2)18-27(23,26-15-6-4-3-5-14(15)17)25-13-9-7-12(8-10-13)19(21)22/h3-11H,1-2H3,(H,18,23)/t11-,27?/m0/s1. The molecule has 2 aromatic carbocycles. The third-order valence-corrected chi connectivity index (χ3v) is 5.14. The van der Waals surface area contributed by atoms with Gasteiger partial charge in [-0.3, -0.25) is 14.9 Å². The van der Waals surface area contributed by atoms with Gasteiger partial charge in [0, 0.05) is 12.1 Å². The second-order valence-electron chi connectivity index (χ2n) is 5.24. The van der Waals surface area contributed by atoms with Crippen LogP contribution in [0.2, 0.25) is 5.02 Å². The molecule has 0 amide bonds. The minimum Gasteiger partial charge on any atom is -0.468 e. The van der Waals surface area contributed by atoms with E-state index in [4.69, 9.17) is 20.6 Å². The van der Waals surface area contributed by atoms with Gasteiger partial charge in [-0.15, -0.1) is 0 Å². The summed E-state index contributed by atoms with van der Waals surface area (Å²) in [5, 5.41) is 13.4. The second-order valence-corrected chi connectivity index (χ2v) is 7.26. The largest absolute Gasteiger partial charge is 0.513 e. The number of esters is 1. The van der Waals surface area contributed by atoms with E-state index < -0.39 is 24.7 Å². The van der Waals surface area contributed by atoms with Gasteiger partial charge in [-0.2, -0.15) is 5.09 Å². The van der Waals surface area contributed by atoms with E-state index in [-0.39, 0.29) is 22.2 Å². The number of nitro groups is 1. The number of nitrogens with zero attached hydrogens (tertiary/aromatic N) is 1. The van der Waals surface area contributed by atoms with Crippen LogP contribution in [0, 0.1) is 10.1 Å². The Kier molecular flexibility index (Phi) is 6.79. The maximum Gasteiger partial charge on any atom is 0.513 e. The number of carbonyl (C=O) groups excluding carboxylic acids is 1. The molecule has 1 N–H and O–H groups in total. The lowest BCUT2D eigenvalue weighted by Gasteiger charge is -2.23. The SMILES string of the molecule is COC(=O)[C@H](C)NP(=O)(Oc1ccc([N+](=O)[O-])cc1)Oc1ccccc1Cl. The van der Waals surface area contributed by atoms with Crippen molar-refractivity contribution in [3.63, 3.8) is 0 Å². The van der Waals surface area contributed by atoms with E-state index in [1.807, 2.05) is 0 Å². The first-order valence-corrected chi connectivity index (χ1v) is 9.50. The van der Waals surface area contributed by atoms with Crippen LogP contribution in [0.4, 0.5) is 5.69 Å². The number of carbonyl (C=O) groups is 1.